The summed E-state index contributed by atoms with van der Waals surface area (Å²) in [4.78, 5) is 9.01. The van der Waals surface area contributed by atoms with Crippen molar-refractivity contribution in [3.05, 3.63) is 47.2 Å². The largest absolute Gasteiger partial charge is 0.361 e. The summed E-state index contributed by atoms with van der Waals surface area (Å²) in [6.45, 7) is 4.90. The predicted molar refractivity (Wildman–Crippen MR) is 32.8 cm³/mol. The van der Waals surface area contributed by atoms with Crippen molar-refractivity contribution < 1.29 is 37.6 Å². The summed E-state index contributed by atoms with van der Waals surface area (Å²) >= 11 is 0. The van der Waals surface area contributed by atoms with Gasteiger partial charge in [-0.25, -0.2) is 0 Å². The SMILES string of the molecule is [CH-]=CC=[C-]/C=C/[N+](=O)[O-].[Y]. The van der Waals surface area contributed by atoms with Gasteiger partial charge in [0, 0.05) is 32.7 Å². The van der Waals surface area contributed by atoms with Crippen LogP contribution in [0.3, 0.4) is 0 Å². The molecule has 0 spiro atoms. The second kappa shape index (κ2) is 8.72. The summed E-state index contributed by atoms with van der Waals surface area (Å²) in [7, 11) is 0. The number of rotatable bonds is 3. The van der Waals surface area contributed by atoms with E-state index in [1.165, 1.54) is 18.2 Å². The Morgan fingerprint density at radius 2 is 2.20 bits per heavy atom. The Hall–Kier alpha value is -0.276. The Kier molecular flexibility index (Phi) is 10.8. The van der Waals surface area contributed by atoms with E-state index in [4.69, 9.17) is 6.58 Å². The number of nitrogens with zero attached hydrogens (tertiary/aromatic N) is 1. The third-order valence-electron chi connectivity index (χ3n) is 0.485. The van der Waals surface area contributed by atoms with Crippen LogP contribution in [0.2, 0.25) is 0 Å². The predicted octanol–water partition coefficient (Wildman–Crippen LogP) is 1.12. The molecule has 0 aromatic heterocycles. The average Bonchev–Trinajstić information content (AvgIpc) is 1.80. The van der Waals surface area contributed by atoms with Crippen molar-refractivity contribution in [1.29, 1.82) is 0 Å². The molecule has 0 N–H and O–H groups in total. The minimum absolute atomic E-state index is 0. The van der Waals surface area contributed by atoms with Crippen molar-refractivity contribution >= 4 is 0 Å². The third kappa shape index (κ3) is 10.7. The maximum absolute atomic E-state index is 9.59. The molecule has 0 aliphatic carbocycles. The molecular weight excluding hydrogens is 207 g/mol. The fourth-order valence-corrected chi connectivity index (χ4v) is 0.215. The van der Waals surface area contributed by atoms with Gasteiger partial charge in [0.25, 0.3) is 0 Å². The fourth-order valence-electron chi connectivity index (χ4n) is 0.215. The summed E-state index contributed by atoms with van der Waals surface area (Å²) in [6.07, 6.45) is 7.00. The first-order chi connectivity index (χ1) is 4.27. The van der Waals surface area contributed by atoms with Gasteiger partial charge in [-0.15, -0.1) is 6.08 Å². The van der Waals surface area contributed by atoms with E-state index in [1.807, 2.05) is 0 Å². The van der Waals surface area contributed by atoms with Crippen molar-refractivity contribution in [1.82, 2.24) is 0 Å². The zero-order valence-corrected chi connectivity index (χ0v) is 8.07. The molecule has 0 rings (SSSR count). The van der Waals surface area contributed by atoms with Gasteiger partial charge in [0.2, 0.25) is 0 Å². The van der Waals surface area contributed by atoms with Crippen molar-refractivity contribution in [3.63, 3.8) is 0 Å². The molecule has 0 fully saturated rings. The molecule has 10 heavy (non-hydrogen) atoms. The van der Waals surface area contributed by atoms with Gasteiger partial charge in [0.1, 0.15) is 6.20 Å². The molecule has 4 heteroatoms. The molecular formula is C6H5NO2Y-2. The molecule has 3 nitrogen and oxygen atoms in total. The molecule has 0 saturated carbocycles. The molecule has 0 saturated heterocycles. The second-order valence-corrected chi connectivity index (χ2v) is 1.13. The number of hydrogen-bond acceptors (Lipinski definition) is 2. The van der Waals surface area contributed by atoms with Crippen LogP contribution in [0.15, 0.2) is 24.4 Å². The van der Waals surface area contributed by atoms with E-state index in [1.54, 1.807) is 0 Å². The van der Waals surface area contributed by atoms with E-state index < -0.39 is 4.92 Å². The first-order valence-corrected chi connectivity index (χ1v) is 2.20. The molecule has 0 aliphatic heterocycles. The van der Waals surface area contributed by atoms with Crippen molar-refractivity contribution in [2.45, 2.75) is 0 Å². The summed E-state index contributed by atoms with van der Waals surface area (Å²) < 4.78 is 0. The Balaban J connectivity index is 0. The fraction of sp³-hybridized carbons (Fsp3) is 0. The Bertz CT molecular complexity index is 163. The molecule has 0 amide bonds. The molecule has 0 atom stereocenters. The number of allylic oxidation sites excluding steroid dienone is 4. The Labute approximate surface area is 84.5 Å². The first-order valence-electron chi connectivity index (χ1n) is 2.20. The van der Waals surface area contributed by atoms with E-state index >= 15 is 0 Å². The van der Waals surface area contributed by atoms with Gasteiger partial charge >= 0.3 is 0 Å². The molecule has 0 heterocycles. The Morgan fingerprint density at radius 3 is 2.60 bits per heavy atom. The molecule has 0 aromatic rings. The topological polar surface area (TPSA) is 43.1 Å². The van der Waals surface area contributed by atoms with Crippen LogP contribution >= 0.6 is 0 Å². The van der Waals surface area contributed by atoms with E-state index in [0.717, 1.165) is 6.20 Å². The smallest absolute Gasteiger partial charge is 0.139 e. The van der Waals surface area contributed by atoms with Crippen LogP contribution in [0.5, 0.6) is 0 Å². The summed E-state index contributed by atoms with van der Waals surface area (Å²) in [5, 5.41) is 9.59. The molecule has 0 bridgehead atoms. The summed E-state index contributed by atoms with van der Waals surface area (Å²) in [5.74, 6) is 0. The van der Waals surface area contributed by atoms with E-state index in [9.17, 15) is 10.1 Å². The zero-order chi connectivity index (χ0) is 7.11. The van der Waals surface area contributed by atoms with E-state index in [0.29, 0.717) is 0 Å². The minimum atomic E-state index is -0.572. The van der Waals surface area contributed by atoms with Crippen molar-refractivity contribution in [2.24, 2.45) is 0 Å². The maximum atomic E-state index is 9.59. The summed E-state index contributed by atoms with van der Waals surface area (Å²) in [6, 6.07) is 0. The van der Waals surface area contributed by atoms with Crippen LogP contribution in [-0.2, 0) is 32.7 Å². The van der Waals surface area contributed by atoms with E-state index in [2.05, 4.69) is 6.08 Å². The van der Waals surface area contributed by atoms with Gasteiger partial charge in [0.15, 0.2) is 0 Å². The number of hydrogen-bond donors (Lipinski definition) is 0. The standard InChI is InChI=1S/C6H5NO2.Y/c1-2-3-4-5-6-7(8)9;/h1-3,5-6H;/q-2;/b6-5+;. The van der Waals surface area contributed by atoms with Crippen molar-refractivity contribution in [3.8, 4) is 0 Å². The van der Waals surface area contributed by atoms with Crippen molar-refractivity contribution in [2.75, 3.05) is 0 Å². The second-order valence-electron chi connectivity index (χ2n) is 1.13. The minimum Gasteiger partial charge on any atom is -0.361 e. The van der Waals surface area contributed by atoms with Crippen LogP contribution in [0.4, 0.5) is 0 Å². The van der Waals surface area contributed by atoms with Crippen LogP contribution in [0, 0.1) is 22.8 Å². The molecule has 51 valence electrons. The monoisotopic (exact) mass is 212 g/mol. The average molecular weight is 212 g/mol. The molecule has 0 aliphatic rings. The number of nitro groups is 1. The molecule has 1 radical (unpaired) electrons. The van der Waals surface area contributed by atoms with Gasteiger partial charge in [-0.1, -0.05) is 0 Å². The van der Waals surface area contributed by atoms with Gasteiger partial charge in [-0.3, -0.25) is 16.2 Å². The van der Waals surface area contributed by atoms with Crippen LogP contribution < -0.4 is 0 Å². The quantitative estimate of drug-likeness (QED) is 0.304. The first kappa shape index (κ1) is 12.4. The maximum Gasteiger partial charge on any atom is 0.139 e. The summed E-state index contributed by atoms with van der Waals surface area (Å²) in [5.41, 5.74) is 0. The van der Waals surface area contributed by atoms with Gasteiger partial charge in [-0.05, 0) is 4.92 Å². The van der Waals surface area contributed by atoms with Gasteiger partial charge in [0.05, 0.1) is 0 Å². The van der Waals surface area contributed by atoms with E-state index in [-0.39, 0.29) is 32.7 Å². The third-order valence-corrected chi connectivity index (χ3v) is 0.485. The van der Waals surface area contributed by atoms with Gasteiger partial charge in [-0.2, -0.15) is 0 Å². The molecule has 0 unspecified atom stereocenters. The van der Waals surface area contributed by atoms with Crippen LogP contribution in [-0.4, -0.2) is 4.92 Å². The zero-order valence-electron chi connectivity index (χ0n) is 5.23. The van der Waals surface area contributed by atoms with Crippen LogP contribution in [0.1, 0.15) is 0 Å². The normalized spacial score (nSPS) is 9.60. The van der Waals surface area contributed by atoms with Gasteiger partial charge < -0.3 is 18.7 Å². The van der Waals surface area contributed by atoms with Crippen LogP contribution in [0.25, 0.3) is 0 Å². The Morgan fingerprint density at radius 1 is 1.60 bits per heavy atom. The molecule has 0 aromatic carbocycles.